The highest BCUT2D eigenvalue weighted by Gasteiger charge is 2.12. The Balaban J connectivity index is 1.93. The average molecular weight is 331 g/mol. The third-order valence-corrected chi connectivity index (χ3v) is 3.41. The molecule has 3 rings (SSSR count). The minimum absolute atomic E-state index is 0.239. The van der Waals surface area contributed by atoms with Crippen LogP contribution in [0.5, 0.6) is 0 Å². The Labute approximate surface area is 123 Å². The molecule has 1 N–H and O–H groups in total. The van der Waals surface area contributed by atoms with Crippen LogP contribution in [-0.4, -0.2) is 20.4 Å². The number of hydrogen-bond donors (Lipinski definition) is 1. The zero-order valence-electron chi connectivity index (χ0n) is 10.7. The van der Waals surface area contributed by atoms with E-state index in [1.165, 1.54) is 6.20 Å². The van der Waals surface area contributed by atoms with Crippen LogP contribution >= 0.6 is 15.9 Å². The second kappa shape index (κ2) is 5.05. The number of aryl methyl sites for hydroxylation is 1. The molecule has 0 atom stereocenters. The number of imidazole rings is 1. The van der Waals surface area contributed by atoms with Crippen LogP contribution in [0.4, 0.5) is 5.95 Å². The number of aromatic nitrogens is 3. The predicted octanol–water partition coefficient (Wildman–Crippen LogP) is 2.98. The number of nitrogens with one attached hydrogen (secondary N) is 1. The first-order valence-corrected chi connectivity index (χ1v) is 6.78. The molecule has 0 fully saturated rings. The van der Waals surface area contributed by atoms with Crippen molar-refractivity contribution in [1.29, 1.82) is 0 Å². The molecule has 0 saturated heterocycles. The van der Waals surface area contributed by atoms with Crippen LogP contribution in [0, 0.1) is 0 Å². The van der Waals surface area contributed by atoms with Gasteiger partial charge >= 0.3 is 0 Å². The Morgan fingerprint density at radius 2 is 2.10 bits per heavy atom. The summed E-state index contributed by atoms with van der Waals surface area (Å²) in [7, 11) is 1.87. The highest BCUT2D eigenvalue weighted by Crippen LogP contribution is 2.18. The largest absolute Gasteiger partial charge is 0.313 e. The van der Waals surface area contributed by atoms with E-state index in [0.717, 1.165) is 15.5 Å². The molecule has 1 aromatic carbocycles. The van der Waals surface area contributed by atoms with Crippen molar-refractivity contribution >= 4 is 38.8 Å². The molecule has 100 valence electrons. The Bertz CT molecular complexity index is 797. The number of carbonyl (C=O) groups excluding carboxylic acids is 1. The summed E-state index contributed by atoms with van der Waals surface area (Å²) in [5.74, 6) is 0.272. The second-order valence-electron chi connectivity index (χ2n) is 4.33. The lowest BCUT2D eigenvalue weighted by Gasteiger charge is -2.05. The molecule has 0 aliphatic heterocycles. The van der Waals surface area contributed by atoms with Gasteiger partial charge in [-0.3, -0.25) is 15.1 Å². The predicted molar refractivity (Wildman–Crippen MR) is 80.6 cm³/mol. The van der Waals surface area contributed by atoms with Crippen molar-refractivity contribution in [2.45, 2.75) is 0 Å². The van der Waals surface area contributed by atoms with Gasteiger partial charge in [0.25, 0.3) is 5.91 Å². The minimum atomic E-state index is -0.239. The lowest BCUT2D eigenvalue weighted by atomic mass is 10.3. The van der Waals surface area contributed by atoms with Crippen molar-refractivity contribution in [3.8, 4) is 0 Å². The third-order valence-electron chi connectivity index (χ3n) is 2.98. The van der Waals surface area contributed by atoms with Crippen molar-refractivity contribution in [3.63, 3.8) is 0 Å². The van der Waals surface area contributed by atoms with Crippen molar-refractivity contribution in [3.05, 3.63) is 52.8 Å². The first kappa shape index (κ1) is 12.8. The maximum Gasteiger partial charge on any atom is 0.259 e. The number of nitrogens with zero attached hydrogens (tertiary/aromatic N) is 3. The molecule has 0 aliphatic carbocycles. The monoisotopic (exact) mass is 330 g/mol. The van der Waals surface area contributed by atoms with Gasteiger partial charge in [-0.2, -0.15) is 0 Å². The Morgan fingerprint density at radius 1 is 1.30 bits per heavy atom. The molecular weight excluding hydrogens is 320 g/mol. The maximum atomic E-state index is 12.2. The van der Waals surface area contributed by atoms with Gasteiger partial charge in [-0.05, 0) is 34.1 Å². The van der Waals surface area contributed by atoms with E-state index >= 15 is 0 Å². The van der Waals surface area contributed by atoms with Crippen LogP contribution in [0.3, 0.4) is 0 Å². The molecular formula is C14H11BrN4O. The van der Waals surface area contributed by atoms with Gasteiger partial charge in [-0.1, -0.05) is 12.1 Å². The smallest absolute Gasteiger partial charge is 0.259 e. The van der Waals surface area contributed by atoms with Gasteiger partial charge in [0.15, 0.2) is 0 Å². The number of anilines is 1. The van der Waals surface area contributed by atoms with E-state index in [0.29, 0.717) is 11.5 Å². The van der Waals surface area contributed by atoms with Crippen LogP contribution in [0.1, 0.15) is 10.4 Å². The van der Waals surface area contributed by atoms with Gasteiger partial charge in [0.05, 0.1) is 16.6 Å². The molecule has 0 saturated carbocycles. The molecule has 0 spiro atoms. The van der Waals surface area contributed by atoms with E-state index in [9.17, 15) is 4.79 Å². The van der Waals surface area contributed by atoms with E-state index in [1.807, 2.05) is 35.9 Å². The van der Waals surface area contributed by atoms with Crippen LogP contribution in [-0.2, 0) is 7.05 Å². The third kappa shape index (κ3) is 2.30. The van der Waals surface area contributed by atoms with Crippen molar-refractivity contribution in [2.24, 2.45) is 7.05 Å². The number of para-hydroxylation sites is 2. The first-order valence-electron chi connectivity index (χ1n) is 5.98. The van der Waals surface area contributed by atoms with Gasteiger partial charge in [-0.25, -0.2) is 4.98 Å². The van der Waals surface area contributed by atoms with Crippen LogP contribution in [0.25, 0.3) is 11.0 Å². The number of carbonyl (C=O) groups is 1. The Hall–Kier alpha value is -2.21. The quantitative estimate of drug-likeness (QED) is 0.785. The van der Waals surface area contributed by atoms with Gasteiger partial charge in [-0.15, -0.1) is 0 Å². The SMILES string of the molecule is Cn1c(NC(=O)c2cncc(Br)c2)nc2ccccc21. The van der Waals surface area contributed by atoms with E-state index in [4.69, 9.17) is 0 Å². The molecule has 2 heterocycles. The first-order chi connectivity index (χ1) is 9.65. The fourth-order valence-corrected chi connectivity index (χ4v) is 2.33. The Morgan fingerprint density at radius 3 is 2.85 bits per heavy atom. The number of halogens is 1. The fourth-order valence-electron chi connectivity index (χ4n) is 1.97. The van der Waals surface area contributed by atoms with Crippen LogP contribution in [0.2, 0.25) is 0 Å². The van der Waals surface area contributed by atoms with Crippen molar-refractivity contribution < 1.29 is 4.79 Å². The molecule has 1 amide bonds. The topological polar surface area (TPSA) is 59.8 Å². The molecule has 0 aliphatic rings. The number of fused-ring (bicyclic) bond motifs is 1. The standard InChI is InChI=1S/C14H11BrN4O/c1-19-12-5-3-2-4-11(12)17-14(19)18-13(20)9-6-10(15)8-16-7-9/h2-8H,1H3,(H,17,18,20). The highest BCUT2D eigenvalue weighted by molar-refractivity contribution is 9.10. The normalized spacial score (nSPS) is 10.7. The van der Waals surface area contributed by atoms with Gasteiger partial charge in [0.1, 0.15) is 0 Å². The average Bonchev–Trinajstić information content (AvgIpc) is 2.76. The number of hydrogen-bond acceptors (Lipinski definition) is 3. The lowest BCUT2D eigenvalue weighted by Crippen LogP contribution is -2.15. The van der Waals surface area contributed by atoms with Gasteiger partial charge in [0, 0.05) is 23.9 Å². The number of rotatable bonds is 2. The summed E-state index contributed by atoms with van der Waals surface area (Å²) < 4.78 is 2.61. The van der Waals surface area contributed by atoms with E-state index in [1.54, 1.807) is 12.3 Å². The fraction of sp³-hybridized carbons (Fsp3) is 0.0714. The van der Waals surface area contributed by atoms with Crippen molar-refractivity contribution in [2.75, 3.05) is 5.32 Å². The molecule has 0 unspecified atom stereocenters. The number of benzene rings is 1. The molecule has 6 heteroatoms. The van der Waals surface area contributed by atoms with Crippen LogP contribution < -0.4 is 5.32 Å². The van der Waals surface area contributed by atoms with E-state index in [2.05, 4.69) is 31.2 Å². The molecule has 3 aromatic rings. The zero-order valence-corrected chi connectivity index (χ0v) is 12.3. The summed E-state index contributed by atoms with van der Waals surface area (Å²) in [5, 5.41) is 2.80. The molecule has 2 aromatic heterocycles. The summed E-state index contributed by atoms with van der Waals surface area (Å²) in [6, 6.07) is 9.43. The highest BCUT2D eigenvalue weighted by atomic mass is 79.9. The maximum absolute atomic E-state index is 12.2. The summed E-state index contributed by atoms with van der Waals surface area (Å²) in [6.45, 7) is 0. The summed E-state index contributed by atoms with van der Waals surface area (Å²) >= 11 is 3.30. The van der Waals surface area contributed by atoms with Gasteiger partial charge < -0.3 is 4.57 Å². The van der Waals surface area contributed by atoms with E-state index < -0.39 is 0 Å². The minimum Gasteiger partial charge on any atom is -0.313 e. The molecule has 0 bridgehead atoms. The number of pyridine rings is 1. The summed E-state index contributed by atoms with van der Waals surface area (Å²) in [5.41, 5.74) is 2.29. The summed E-state index contributed by atoms with van der Waals surface area (Å²) in [4.78, 5) is 20.5. The van der Waals surface area contributed by atoms with Gasteiger partial charge in [0.2, 0.25) is 5.95 Å². The van der Waals surface area contributed by atoms with Crippen molar-refractivity contribution in [1.82, 2.24) is 14.5 Å². The molecule has 20 heavy (non-hydrogen) atoms. The van der Waals surface area contributed by atoms with E-state index in [-0.39, 0.29) is 5.91 Å². The molecule has 0 radical (unpaired) electrons. The summed E-state index contributed by atoms with van der Waals surface area (Å²) in [6.07, 6.45) is 3.15. The van der Waals surface area contributed by atoms with Crippen LogP contribution in [0.15, 0.2) is 47.2 Å². The molecule has 5 nitrogen and oxygen atoms in total. The lowest BCUT2D eigenvalue weighted by molar-refractivity contribution is 0.102. The zero-order chi connectivity index (χ0) is 14.1. The second-order valence-corrected chi connectivity index (χ2v) is 5.24. The Kier molecular flexibility index (Phi) is 3.23. The number of amides is 1.